The Balaban J connectivity index is 1.84. The van der Waals surface area contributed by atoms with Crippen LogP contribution in [0.3, 0.4) is 0 Å². The largest absolute Gasteiger partial charge is 0.398 e. The van der Waals surface area contributed by atoms with Crippen molar-refractivity contribution in [2.24, 2.45) is 11.8 Å². The van der Waals surface area contributed by atoms with Gasteiger partial charge in [-0.15, -0.1) is 5.10 Å². The van der Waals surface area contributed by atoms with Crippen molar-refractivity contribution in [3.05, 3.63) is 23.8 Å². The molecule has 5 nitrogen and oxygen atoms in total. The number of nitrogens with two attached hydrogens (primary N) is 1. The molecule has 3 rings (SSSR count). The van der Waals surface area contributed by atoms with E-state index < -0.39 is 0 Å². The summed E-state index contributed by atoms with van der Waals surface area (Å²) in [5.74, 6) is 2.24. The minimum absolute atomic E-state index is 0.670. The number of hydrogen-bond acceptors (Lipinski definition) is 4. The molecule has 112 valence electrons. The maximum absolute atomic E-state index is 6.01. The first-order valence-corrected chi connectivity index (χ1v) is 7.78. The SMILES string of the molecule is Cc1ccc(-c2nnnn2CC2CCCCC2C)cc1N. The van der Waals surface area contributed by atoms with Crippen LogP contribution >= 0.6 is 0 Å². The third kappa shape index (κ3) is 2.91. The van der Waals surface area contributed by atoms with Crippen LogP contribution in [0.25, 0.3) is 11.4 Å². The summed E-state index contributed by atoms with van der Waals surface area (Å²) in [6.07, 6.45) is 5.27. The second-order valence-electron chi connectivity index (χ2n) is 6.28. The van der Waals surface area contributed by atoms with Crippen molar-refractivity contribution in [3.63, 3.8) is 0 Å². The Morgan fingerprint density at radius 2 is 2.10 bits per heavy atom. The zero-order valence-electron chi connectivity index (χ0n) is 12.8. The number of aryl methyl sites for hydroxylation is 1. The summed E-state index contributed by atoms with van der Waals surface area (Å²) >= 11 is 0. The van der Waals surface area contributed by atoms with Crippen LogP contribution < -0.4 is 5.73 Å². The highest BCUT2D eigenvalue weighted by atomic mass is 15.5. The van der Waals surface area contributed by atoms with Crippen molar-refractivity contribution in [3.8, 4) is 11.4 Å². The molecule has 0 saturated heterocycles. The van der Waals surface area contributed by atoms with Gasteiger partial charge in [0.25, 0.3) is 0 Å². The van der Waals surface area contributed by atoms with Crippen molar-refractivity contribution in [2.45, 2.75) is 46.1 Å². The molecule has 0 spiro atoms. The van der Waals surface area contributed by atoms with Crippen LogP contribution in [0, 0.1) is 18.8 Å². The third-order valence-electron chi connectivity index (χ3n) is 4.77. The third-order valence-corrected chi connectivity index (χ3v) is 4.77. The summed E-state index contributed by atoms with van der Waals surface area (Å²) < 4.78 is 1.94. The van der Waals surface area contributed by atoms with E-state index in [4.69, 9.17) is 5.73 Å². The average molecular weight is 285 g/mol. The van der Waals surface area contributed by atoms with E-state index in [1.54, 1.807) is 0 Å². The Morgan fingerprint density at radius 1 is 1.29 bits per heavy atom. The molecule has 2 aromatic rings. The number of nitrogen functional groups attached to an aromatic ring is 1. The minimum atomic E-state index is 0.670. The molecule has 1 saturated carbocycles. The van der Waals surface area contributed by atoms with E-state index >= 15 is 0 Å². The highest BCUT2D eigenvalue weighted by Gasteiger charge is 2.23. The molecule has 1 aromatic carbocycles. The predicted octanol–water partition coefficient (Wildman–Crippen LogP) is 3.06. The molecule has 0 aliphatic heterocycles. The first-order valence-electron chi connectivity index (χ1n) is 7.78. The molecule has 5 heteroatoms. The lowest BCUT2D eigenvalue weighted by Gasteiger charge is -2.28. The molecule has 1 aliphatic rings. The van der Waals surface area contributed by atoms with E-state index in [0.29, 0.717) is 5.92 Å². The van der Waals surface area contributed by atoms with E-state index in [9.17, 15) is 0 Å². The van der Waals surface area contributed by atoms with Gasteiger partial charge in [0.05, 0.1) is 0 Å². The molecular weight excluding hydrogens is 262 g/mol. The average Bonchev–Trinajstić information content (AvgIpc) is 2.93. The number of rotatable bonds is 3. The Kier molecular flexibility index (Phi) is 3.90. The predicted molar refractivity (Wildman–Crippen MR) is 83.5 cm³/mol. The molecular formula is C16H23N5. The van der Waals surface area contributed by atoms with Crippen LogP contribution in [-0.2, 0) is 6.54 Å². The molecule has 1 heterocycles. The molecule has 1 aromatic heterocycles. The van der Waals surface area contributed by atoms with Crippen LogP contribution in [0.1, 0.15) is 38.2 Å². The normalized spacial score (nSPS) is 22.4. The van der Waals surface area contributed by atoms with Gasteiger partial charge in [-0.1, -0.05) is 38.3 Å². The van der Waals surface area contributed by atoms with Gasteiger partial charge in [-0.25, -0.2) is 4.68 Å². The van der Waals surface area contributed by atoms with Gasteiger partial charge in [0.1, 0.15) is 0 Å². The van der Waals surface area contributed by atoms with Crippen molar-refractivity contribution in [2.75, 3.05) is 5.73 Å². The van der Waals surface area contributed by atoms with E-state index in [-0.39, 0.29) is 0 Å². The van der Waals surface area contributed by atoms with Gasteiger partial charge in [0.15, 0.2) is 5.82 Å². The number of anilines is 1. The van der Waals surface area contributed by atoms with Crippen LogP contribution in [0.4, 0.5) is 5.69 Å². The lowest BCUT2D eigenvalue weighted by atomic mass is 9.80. The van der Waals surface area contributed by atoms with E-state index in [1.807, 2.05) is 29.8 Å². The summed E-state index contributed by atoms with van der Waals surface area (Å²) in [7, 11) is 0. The van der Waals surface area contributed by atoms with Crippen LogP contribution in [-0.4, -0.2) is 20.2 Å². The zero-order valence-corrected chi connectivity index (χ0v) is 12.8. The van der Waals surface area contributed by atoms with Gasteiger partial charge in [0, 0.05) is 17.8 Å². The number of nitrogens with zero attached hydrogens (tertiary/aromatic N) is 4. The monoisotopic (exact) mass is 285 g/mol. The second kappa shape index (κ2) is 5.84. The fourth-order valence-corrected chi connectivity index (χ4v) is 3.20. The Hall–Kier alpha value is -1.91. The first kappa shape index (κ1) is 14.0. The van der Waals surface area contributed by atoms with E-state index in [2.05, 4.69) is 22.4 Å². The molecule has 2 unspecified atom stereocenters. The van der Waals surface area contributed by atoms with Gasteiger partial charge in [-0.3, -0.25) is 0 Å². The number of hydrogen-bond donors (Lipinski definition) is 1. The van der Waals surface area contributed by atoms with Crippen LogP contribution in [0.5, 0.6) is 0 Å². The topological polar surface area (TPSA) is 69.6 Å². The lowest BCUT2D eigenvalue weighted by molar-refractivity contribution is 0.221. The van der Waals surface area contributed by atoms with Gasteiger partial charge in [-0.2, -0.15) is 0 Å². The molecule has 2 atom stereocenters. The summed E-state index contributed by atoms with van der Waals surface area (Å²) in [5.41, 5.74) is 8.86. The second-order valence-corrected chi connectivity index (χ2v) is 6.28. The molecule has 1 fully saturated rings. The zero-order chi connectivity index (χ0) is 14.8. The summed E-state index contributed by atoms with van der Waals surface area (Å²) in [5, 5.41) is 12.2. The van der Waals surface area contributed by atoms with Gasteiger partial charge < -0.3 is 5.73 Å². The van der Waals surface area contributed by atoms with Crippen molar-refractivity contribution in [1.29, 1.82) is 0 Å². The Bertz CT molecular complexity index is 619. The number of aromatic nitrogens is 4. The van der Waals surface area contributed by atoms with Gasteiger partial charge in [-0.05, 0) is 47.2 Å². The Labute approximate surface area is 125 Å². The first-order chi connectivity index (χ1) is 10.1. The quantitative estimate of drug-likeness (QED) is 0.880. The molecule has 0 bridgehead atoms. The van der Waals surface area contributed by atoms with Gasteiger partial charge in [0.2, 0.25) is 0 Å². The number of tetrazole rings is 1. The lowest BCUT2D eigenvalue weighted by Crippen LogP contribution is -2.23. The standard InChI is InChI=1S/C16H23N5/c1-11-5-3-4-6-14(11)10-21-16(18-19-20-21)13-8-7-12(2)15(17)9-13/h7-9,11,14H,3-6,10,17H2,1-2H3. The van der Waals surface area contributed by atoms with E-state index in [1.165, 1.54) is 25.7 Å². The van der Waals surface area contributed by atoms with Crippen molar-refractivity contribution < 1.29 is 0 Å². The fourth-order valence-electron chi connectivity index (χ4n) is 3.20. The summed E-state index contributed by atoms with van der Waals surface area (Å²) in [6.45, 7) is 5.25. The van der Waals surface area contributed by atoms with Crippen LogP contribution in [0.2, 0.25) is 0 Å². The van der Waals surface area contributed by atoms with Crippen molar-refractivity contribution in [1.82, 2.24) is 20.2 Å². The smallest absolute Gasteiger partial charge is 0.182 e. The van der Waals surface area contributed by atoms with Crippen molar-refractivity contribution >= 4 is 5.69 Å². The highest BCUT2D eigenvalue weighted by Crippen LogP contribution is 2.31. The minimum Gasteiger partial charge on any atom is -0.398 e. The maximum atomic E-state index is 6.01. The summed E-state index contributed by atoms with van der Waals surface area (Å²) in [6, 6.07) is 6.02. The fraction of sp³-hybridized carbons (Fsp3) is 0.562. The summed E-state index contributed by atoms with van der Waals surface area (Å²) in [4.78, 5) is 0. The maximum Gasteiger partial charge on any atom is 0.182 e. The molecule has 2 N–H and O–H groups in total. The molecule has 21 heavy (non-hydrogen) atoms. The van der Waals surface area contributed by atoms with Crippen LogP contribution in [0.15, 0.2) is 18.2 Å². The Morgan fingerprint density at radius 3 is 2.86 bits per heavy atom. The van der Waals surface area contributed by atoms with Gasteiger partial charge >= 0.3 is 0 Å². The van der Waals surface area contributed by atoms with E-state index in [0.717, 1.165) is 35.1 Å². The molecule has 0 radical (unpaired) electrons. The molecule has 1 aliphatic carbocycles. The number of benzene rings is 1. The highest BCUT2D eigenvalue weighted by molar-refractivity contribution is 5.63. The molecule has 0 amide bonds.